The van der Waals surface area contributed by atoms with E-state index in [2.05, 4.69) is 22.4 Å². The summed E-state index contributed by atoms with van der Waals surface area (Å²) in [7, 11) is 0. The molecule has 1 aromatic carbocycles. The fourth-order valence-electron chi connectivity index (χ4n) is 2.39. The average molecular weight is 331 g/mol. The molecule has 0 saturated carbocycles. The van der Waals surface area contributed by atoms with Crippen molar-refractivity contribution in [2.45, 2.75) is 38.7 Å². The zero-order valence-electron chi connectivity index (χ0n) is 13.7. The molecule has 1 aliphatic heterocycles. The number of nitrogens with one attached hydrogen (secondary N) is 1. The third kappa shape index (κ3) is 4.11. The first-order chi connectivity index (χ1) is 11.8. The van der Waals surface area contributed by atoms with Crippen molar-refractivity contribution in [3.8, 4) is 5.75 Å². The second-order valence-corrected chi connectivity index (χ2v) is 5.63. The maximum Gasteiger partial charge on any atom is 0.322 e. The van der Waals surface area contributed by atoms with Crippen LogP contribution in [-0.2, 0) is 4.74 Å². The molecular formula is C17H21N3O4. The lowest BCUT2D eigenvalue weighted by Crippen LogP contribution is -2.12. The van der Waals surface area contributed by atoms with Crippen molar-refractivity contribution in [3.63, 3.8) is 0 Å². The van der Waals surface area contributed by atoms with Gasteiger partial charge in [-0.3, -0.25) is 10.1 Å². The Morgan fingerprint density at radius 3 is 2.88 bits per heavy atom. The first kappa shape index (κ1) is 16.4. The highest BCUT2D eigenvalue weighted by atomic mass is 16.5. The summed E-state index contributed by atoms with van der Waals surface area (Å²) in [6.45, 7) is 3.48. The number of anilines is 1. The van der Waals surface area contributed by atoms with Crippen LogP contribution in [0.5, 0.6) is 5.75 Å². The number of amides is 1. The number of hydrogen-bond acceptors (Lipinski definition) is 6. The molecule has 1 fully saturated rings. The van der Waals surface area contributed by atoms with Crippen LogP contribution in [0.2, 0.25) is 0 Å². The molecule has 7 nitrogen and oxygen atoms in total. The van der Waals surface area contributed by atoms with E-state index in [1.165, 1.54) is 0 Å². The van der Waals surface area contributed by atoms with Crippen molar-refractivity contribution in [2.24, 2.45) is 0 Å². The molecule has 1 saturated heterocycles. The molecule has 0 aliphatic carbocycles. The van der Waals surface area contributed by atoms with E-state index in [0.29, 0.717) is 24.7 Å². The van der Waals surface area contributed by atoms with E-state index in [1.807, 2.05) is 0 Å². The summed E-state index contributed by atoms with van der Waals surface area (Å²) in [6, 6.07) is 7.03. The number of aromatic nitrogens is 2. The third-order valence-electron chi connectivity index (χ3n) is 3.75. The van der Waals surface area contributed by atoms with E-state index >= 15 is 0 Å². The van der Waals surface area contributed by atoms with Gasteiger partial charge in [-0.05, 0) is 43.5 Å². The van der Waals surface area contributed by atoms with Crippen LogP contribution in [0.15, 0.2) is 28.7 Å². The number of nitrogens with zero attached hydrogens (tertiary/aromatic N) is 2. The molecule has 0 bridgehead atoms. The van der Waals surface area contributed by atoms with Gasteiger partial charge in [0.05, 0.1) is 6.61 Å². The fraction of sp³-hybridized carbons (Fsp3) is 0.471. The molecule has 24 heavy (non-hydrogen) atoms. The minimum atomic E-state index is -0.308. The Morgan fingerprint density at radius 2 is 2.17 bits per heavy atom. The van der Waals surface area contributed by atoms with Crippen LogP contribution < -0.4 is 10.1 Å². The second-order valence-electron chi connectivity index (χ2n) is 5.63. The highest BCUT2D eigenvalue weighted by Crippen LogP contribution is 2.28. The van der Waals surface area contributed by atoms with Gasteiger partial charge in [0.2, 0.25) is 5.89 Å². The highest BCUT2D eigenvalue weighted by molar-refractivity contribution is 6.03. The summed E-state index contributed by atoms with van der Waals surface area (Å²) in [5.41, 5.74) is 0.495. The van der Waals surface area contributed by atoms with Gasteiger partial charge in [0, 0.05) is 12.2 Å². The molecule has 0 spiro atoms. The maximum atomic E-state index is 12.2. The number of carbonyl (C=O) groups excluding carboxylic acids is 1. The number of unbranched alkanes of at least 4 members (excludes halogenated alkanes) is 1. The van der Waals surface area contributed by atoms with Crippen LogP contribution >= 0.6 is 0 Å². The summed E-state index contributed by atoms with van der Waals surface area (Å²) < 4.78 is 16.5. The zero-order chi connectivity index (χ0) is 16.8. The van der Waals surface area contributed by atoms with Gasteiger partial charge in [0.25, 0.3) is 5.91 Å². The Labute approximate surface area is 140 Å². The quantitative estimate of drug-likeness (QED) is 0.783. The largest absolute Gasteiger partial charge is 0.494 e. The van der Waals surface area contributed by atoms with Gasteiger partial charge in [-0.2, -0.15) is 0 Å². The molecule has 1 amide bonds. The smallest absolute Gasteiger partial charge is 0.322 e. The number of rotatable bonds is 7. The lowest BCUT2D eigenvalue weighted by atomic mass is 10.2. The Morgan fingerprint density at radius 1 is 1.33 bits per heavy atom. The zero-order valence-corrected chi connectivity index (χ0v) is 13.7. The molecule has 1 N–H and O–H groups in total. The fourth-order valence-corrected chi connectivity index (χ4v) is 2.39. The highest BCUT2D eigenvalue weighted by Gasteiger charge is 2.24. The van der Waals surface area contributed by atoms with Gasteiger partial charge in [0.15, 0.2) is 0 Å². The average Bonchev–Trinajstić information content (AvgIpc) is 3.27. The van der Waals surface area contributed by atoms with Gasteiger partial charge in [0.1, 0.15) is 11.9 Å². The molecular weight excluding hydrogens is 310 g/mol. The summed E-state index contributed by atoms with van der Waals surface area (Å²) >= 11 is 0. The summed E-state index contributed by atoms with van der Waals surface area (Å²) in [4.78, 5) is 12.2. The molecule has 7 heteroatoms. The van der Waals surface area contributed by atoms with Crippen molar-refractivity contribution in [2.75, 3.05) is 18.5 Å². The molecule has 3 rings (SSSR count). The van der Waals surface area contributed by atoms with Crippen molar-refractivity contribution in [3.05, 3.63) is 35.7 Å². The minimum Gasteiger partial charge on any atom is -0.494 e. The van der Waals surface area contributed by atoms with Crippen LogP contribution in [0.3, 0.4) is 0 Å². The monoisotopic (exact) mass is 331 g/mol. The molecule has 128 valence electrons. The van der Waals surface area contributed by atoms with Crippen LogP contribution in [0.25, 0.3) is 0 Å². The Balaban J connectivity index is 1.56. The van der Waals surface area contributed by atoms with Gasteiger partial charge >= 0.3 is 6.01 Å². The maximum absolute atomic E-state index is 12.2. The number of hydrogen-bond donors (Lipinski definition) is 1. The lowest BCUT2D eigenvalue weighted by molar-refractivity contribution is 0.0893. The standard InChI is InChI=1S/C17H21N3O4/c1-2-3-10-22-13-8-6-12(7-9-13)15(21)18-17-20-19-16(24-17)14-5-4-11-23-14/h6-9,14H,2-5,10-11H2,1H3,(H,18,20,21). The van der Waals surface area contributed by atoms with E-state index in [9.17, 15) is 4.79 Å². The van der Waals surface area contributed by atoms with E-state index in [4.69, 9.17) is 13.9 Å². The van der Waals surface area contributed by atoms with Gasteiger partial charge in [-0.1, -0.05) is 18.4 Å². The molecule has 2 aromatic rings. The minimum absolute atomic E-state index is 0.0776. The Kier molecular flexibility index (Phi) is 5.43. The van der Waals surface area contributed by atoms with E-state index in [0.717, 1.165) is 31.4 Å². The number of carbonyl (C=O) groups is 1. The second kappa shape index (κ2) is 7.92. The summed E-state index contributed by atoms with van der Waals surface area (Å²) in [5.74, 6) is 0.846. The van der Waals surface area contributed by atoms with Gasteiger partial charge in [-0.15, -0.1) is 5.10 Å². The predicted molar refractivity (Wildman–Crippen MR) is 87.0 cm³/mol. The topological polar surface area (TPSA) is 86.5 Å². The Bertz CT molecular complexity index is 663. The first-order valence-electron chi connectivity index (χ1n) is 8.25. The number of benzene rings is 1. The van der Waals surface area contributed by atoms with Crippen molar-refractivity contribution in [1.82, 2.24) is 10.2 Å². The third-order valence-corrected chi connectivity index (χ3v) is 3.75. The first-order valence-corrected chi connectivity index (χ1v) is 8.25. The molecule has 1 aromatic heterocycles. The molecule has 1 unspecified atom stereocenters. The van der Waals surface area contributed by atoms with Crippen molar-refractivity contribution in [1.29, 1.82) is 0 Å². The van der Waals surface area contributed by atoms with Crippen LogP contribution in [0.1, 0.15) is 55.0 Å². The molecule has 1 atom stereocenters. The van der Waals surface area contributed by atoms with Crippen molar-refractivity contribution >= 4 is 11.9 Å². The molecule has 2 heterocycles. The summed E-state index contributed by atoms with van der Waals surface area (Å²) in [6.07, 6.45) is 3.75. The SMILES string of the molecule is CCCCOc1ccc(C(=O)Nc2nnc(C3CCCO3)o2)cc1. The Hall–Kier alpha value is -2.41. The van der Waals surface area contributed by atoms with Gasteiger partial charge in [-0.25, -0.2) is 0 Å². The van der Waals surface area contributed by atoms with E-state index in [1.54, 1.807) is 24.3 Å². The van der Waals surface area contributed by atoms with Crippen LogP contribution in [0.4, 0.5) is 6.01 Å². The van der Waals surface area contributed by atoms with Crippen LogP contribution in [0, 0.1) is 0 Å². The number of ether oxygens (including phenoxy) is 2. The molecule has 1 aliphatic rings. The molecule has 0 radical (unpaired) electrons. The van der Waals surface area contributed by atoms with Gasteiger partial charge < -0.3 is 13.9 Å². The lowest BCUT2D eigenvalue weighted by Gasteiger charge is -2.06. The van der Waals surface area contributed by atoms with Crippen LogP contribution in [-0.4, -0.2) is 29.3 Å². The normalized spacial score (nSPS) is 17.0. The van der Waals surface area contributed by atoms with E-state index < -0.39 is 0 Å². The summed E-state index contributed by atoms with van der Waals surface area (Å²) in [5, 5.41) is 10.4. The predicted octanol–water partition coefficient (Wildman–Crippen LogP) is 3.35. The van der Waals surface area contributed by atoms with Crippen molar-refractivity contribution < 1.29 is 18.7 Å². The van der Waals surface area contributed by atoms with E-state index in [-0.39, 0.29) is 18.0 Å².